The maximum atomic E-state index is 14.6. The van der Waals surface area contributed by atoms with Crippen molar-refractivity contribution in [1.29, 1.82) is 0 Å². The van der Waals surface area contributed by atoms with Crippen LogP contribution in [0.1, 0.15) is 37.5 Å². The summed E-state index contributed by atoms with van der Waals surface area (Å²) < 4.78 is 19.9. The van der Waals surface area contributed by atoms with Gasteiger partial charge in [0.05, 0.1) is 13.5 Å². The number of halogens is 2. The highest BCUT2D eigenvalue weighted by Crippen LogP contribution is 2.23. The Labute approximate surface area is 217 Å². The van der Waals surface area contributed by atoms with Crippen molar-refractivity contribution in [3.8, 4) is 5.75 Å². The number of nitrogens with zero attached hydrogens (tertiary/aromatic N) is 1. The predicted octanol–water partition coefficient (Wildman–Crippen LogP) is 5.59. The number of ether oxygens (including phenoxy) is 1. The molecule has 0 aliphatic carbocycles. The van der Waals surface area contributed by atoms with Gasteiger partial charge in [-0.25, -0.2) is 4.39 Å². The first-order valence-electron chi connectivity index (χ1n) is 11.8. The van der Waals surface area contributed by atoms with Gasteiger partial charge in [0, 0.05) is 29.1 Å². The van der Waals surface area contributed by atoms with Crippen molar-refractivity contribution in [3.05, 3.63) is 100 Å². The molecule has 2 amide bonds. The largest absolute Gasteiger partial charge is 0.497 e. The fourth-order valence-corrected chi connectivity index (χ4v) is 4.16. The molecule has 0 spiro atoms. The molecule has 1 N–H and O–H groups in total. The van der Waals surface area contributed by atoms with Crippen molar-refractivity contribution in [2.45, 2.75) is 51.7 Å². The molecule has 190 valence electrons. The first kappa shape index (κ1) is 27.2. The Bertz CT molecular complexity index is 1170. The number of rotatable bonds is 9. The summed E-state index contributed by atoms with van der Waals surface area (Å²) in [5, 5.41) is 3.18. The molecule has 3 rings (SSSR count). The molecule has 0 bridgehead atoms. The highest BCUT2D eigenvalue weighted by Gasteiger charge is 2.33. The third-order valence-electron chi connectivity index (χ3n) is 5.65. The van der Waals surface area contributed by atoms with Gasteiger partial charge >= 0.3 is 0 Å². The van der Waals surface area contributed by atoms with Gasteiger partial charge in [0.15, 0.2) is 0 Å². The SMILES string of the molecule is COc1cccc(CN(C(=O)Cc2c(F)cccc2Cl)[C@@H](Cc2ccccc2)C(=O)NC(C)(C)C)c1. The van der Waals surface area contributed by atoms with Crippen LogP contribution in [0.25, 0.3) is 0 Å². The Morgan fingerprint density at radius 1 is 1.00 bits per heavy atom. The summed E-state index contributed by atoms with van der Waals surface area (Å²) in [6, 6.07) is 20.3. The molecule has 7 heteroatoms. The van der Waals surface area contributed by atoms with Crippen LogP contribution in [0.5, 0.6) is 5.75 Å². The van der Waals surface area contributed by atoms with Crippen molar-refractivity contribution in [2.75, 3.05) is 7.11 Å². The van der Waals surface area contributed by atoms with Crippen molar-refractivity contribution >= 4 is 23.4 Å². The molecule has 36 heavy (non-hydrogen) atoms. The zero-order valence-corrected chi connectivity index (χ0v) is 21.8. The van der Waals surface area contributed by atoms with Crippen LogP contribution in [-0.4, -0.2) is 35.4 Å². The quantitative estimate of drug-likeness (QED) is 0.408. The minimum atomic E-state index is -0.837. The molecule has 0 radical (unpaired) electrons. The Hall–Kier alpha value is -3.38. The summed E-state index contributed by atoms with van der Waals surface area (Å²) in [6.07, 6.45) is 0.0209. The minimum Gasteiger partial charge on any atom is -0.497 e. The fourth-order valence-electron chi connectivity index (χ4n) is 3.93. The number of hydrogen-bond donors (Lipinski definition) is 1. The van der Waals surface area contributed by atoms with Gasteiger partial charge in [0.2, 0.25) is 11.8 Å². The molecule has 0 unspecified atom stereocenters. The van der Waals surface area contributed by atoms with E-state index in [1.165, 1.54) is 17.0 Å². The van der Waals surface area contributed by atoms with E-state index in [0.717, 1.165) is 11.1 Å². The molecule has 5 nitrogen and oxygen atoms in total. The van der Waals surface area contributed by atoms with Gasteiger partial charge in [-0.3, -0.25) is 9.59 Å². The lowest BCUT2D eigenvalue weighted by Crippen LogP contribution is -2.54. The lowest BCUT2D eigenvalue weighted by atomic mass is 9.99. The van der Waals surface area contributed by atoms with Crippen LogP contribution < -0.4 is 10.1 Å². The van der Waals surface area contributed by atoms with E-state index >= 15 is 0 Å². The lowest BCUT2D eigenvalue weighted by Gasteiger charge is -2.34. The third kappa shape index (κ3) is 7.56. The van der Waals surface area contributed by atoms with E-state index < -0.39 is 23.3 Å². The molecular weight excluding hydrogens is 479 g/mol. The maximum Gasteiger partial charge on any atom is 0.243 e. The van der Waals surface area contributed by atoms with Crippen molar-refractivity contribution in [1.82, 2.24) is 10.2 Å². The lowest BCUT2D eigenvalue weighted by molar-refractivity contribution is -0.141. The van der Waals surface area contributed by atoms with Gasteiger partial charge in [0.1, 0.15) is 17.6 Å². The van der Waals surface area contributed by atoms with E-state index in [-0.39, 0.29) is 29.5 Å². The van der Waals surface area contributed by atoms with Gasteiger partial charge in [0.25, 0.3) is 0 Å². The first-order valence-corrected chi connectivity index (χ1v) is 12.2. The highest BCUT2D eigenvalue weighted by atomic mass is 35.5. The summed E-state index contributed by atoms with van der Waals surface area (Å²) in [5.74, 6) is -0.622. The Balaban J connectivity index is 2.04. The number of amides is 2. The smallest absolute Gasteiger partial charge is 0.243 e. The van der Waals surface area contributed by atoms with E-state index in [1.807, 2.05) is 75.4 Å². The van der Waals surface area contributed by atoms with Crippen LogP contribution in [0.2, 0.25) is 5.02 Å². The van der Waals surface area contributed by atoms with E-state index in [9.17, 15) is 14.0 Å². The monoisotopic (exact) mass is 510 g/mol. The van der Waals surface area contributed by atoms with Crippen LogP contribution in [0.3, 0.4) is 0 Å². The second kappa shape index (κ2) is 12.0. The Kier molecular flexibility index (Phi) is 9.10. The van der Waals surface area contributed by atoms with Crippen LogP contribution in [0, 0.1) is 5.82 Å². The van der Waals surface area contributed by atoms with Crippen molar-refractivity contribution < 1.29 is 18.7 Å². The average molecular weight is 511 g/mol. The average Bonchev–Trinajstić information content (AvgIpc) is 2.83. The normalized spacial score (nSPS) is 12.1. The second-order valence-electron chi connectivity index (χ2n) is 9.69. The molecule has 0 fully saturated rings. The Morgan fingerprint density at radius 2 is 1.67 bits per heavy atom. The number of nitrogens with one attached hydrogen (secondary N) is 1. The van der Waals surface area contributed by atoms with Crippen LogP contribution in [-0.2, 0) is 29.0 Å². The van der Waals surface area contributed by atoms with Crippen LogP contribution in [0.4, 0.5) is 4.39 Å². The molecule has 1 atom stereocenters. The van der Waals surface area contributed by atoms with Gasteiger partial charge in [-0.15, -0.1) is 0 Å². The summed E-state index contributed by atoms with van der Waals surface area (Å²) in [6.45, 7) is 5.80. The summed E-state index contributed by atoms with van der Waals surface area (Å²) in [5.41, 5.74) is 1.28. The van der Waals surface area contributed by atoms with E-state index in [2.05, 4.69) is 5.32 Å². The fraction of sp³-hybridized carbons (Fsp3) is 0.310. The van der Waals surface area contributed by atoms with Gasteiger partial charge in [-0.1, -0.05) is 60.1 Å². The number of methoxy groups -OCH3 is 1. The molecule has 0 saturated carbocycles. The van der Waals surface area contributed by atoms with E-state index in [0.29, 0.717) is 12.2 Å². The predicted molar refractivity (Wildman–Crippen MR) is 140 cm³/mol. The highest BCUT2D eigenvalue weighted by molar-refractivity contribution is 6.31. The molecule has 0 heterocycles. The Morgan fingerprint density at radius 3 is 2.31 bits per heavy atom. The van der Waals surface area contributed by atoms with Gasteiger partial charge in [-0.05, 0) is 56.2 Å². The summed E-state index contributed by atoms with van der Waals surface area (Å²) >= 11 is 6.23. The van der Waals surface area contributed by atoms with Gasteiger partial charge < -0.3 is 15.0 Å². The number of carbonyl (C=O) groups is 2. The standard InChI is InChI=1S/C29H32ClFN2O3/c1-29(2,3)32-28(35)26(17-20-10-6-5-7-11-20)33(19-21-12-8-13-22(16-21)36-4)27(34)18-23-24(30)14-9-15-25(23)31/h5-16,26H,17-19H2,1-4H3,(H,32,35)/t26-/m0/s1. The maximum absolute atomic E-state index is 14.6. The molecule has 0 aliphatic rings. The second-order valence-corrected chi connectivity index (χ2v) is 10.1. The minimum absolute atomic E-state index is 0.106. The molecule has 0 saturated heterocycles. The summed E-state index contributed by atoms with van der Waals surface area (Å²) in [7, 11) is 1.57. The number of benzene rings is 3. The van der Waals surface area contributed by atoms with Crippen LogP contribution >= 0.6 is 11.6 Å². The molecule has 3 aromatic rings. The molecule has 3 aromatic carbocycles. The van der Waals surface area contributed by atoms with E-state index in [4.69, 9.17) is 16.3 Å². The topological polar surface area (TPSA) is 58.6 Å². The van der Waals surface area contributed by atoms with Crippen LogP contribution in [0.15, 0.2) is 72.8 Å². The molecule has 0 aromatic heterocycles. The molecule has 0 aliphatic heterocycles. The first-order chi connectivity index (χ1) is 17.1. The zero-order chi connectivity index (χ0) is 26.3. The van der Waals surface area contributed by atoms with E-state index in [1.54, 1.807) is 13.2 Å². The zero-order valence-electron chi connectivity index (χ0n) is 21.1. The van der Waals surface area contributed by atoms with Crippen molar-refractivity contribution in [3.63, 3.8) is 0 Å². The number of carbonyl (C=O) groups excluding carboxylic acids is 2. The third-order valence-corrected chi connectivity index (χ3v) is 6.00. The number of hydrogen-bond acceptors (Lipinski definition) is 3. The van der Waals surface area contributed by atoms with Crippen molar-refractivity contribution in [2.24, 2.45) is 0 Å². The van der Waals surface area contributed by atoms with Gasteiger partial charge in [-0.2, -0.15) is 0 Å². The molecular formula is C29H32ClFN2O3. The summed E-state index contributed by atoms with van der Waals surface area (Å²) in [4.78, 5) is 28.9.